The summed E-state index contributed by atoms with van der Waals surface area (Å²) in [6, 6.07) is 18.1. The van der Waals surface area contributed by atoms with Crippen molar-refractivity contribution in [2.24, 2.45) is 5.92 Å². The standard InChI is InChI=1S/C20H24N2O2/c1-24-18-9-5-6-15(12-18)13-19(16-7-3-2-4-8-16)22-20(23)17-10-11-21-14-17/h2-9,12,17,19,21H,10-11,13-14H2,1H3,(H,22,23)/t17-,19-/m1/s1. The molecule has 4 heteroatoms. The van der Waals surface area contributed by atoms with E-state index < -0.39 is 0 Å². The molecule has 1 heterocycles. The molecule has 1 saturated heterocycles. The monoisotopic (exact) mass is 324 g/mol. The van der Waals surface area contributed by atoms with Crippen molar-refractivity contribution < 1.29 is 9.53 Å². The van der Waals surface area contributed by atoms with Crippen molar-refractivity contribution in [1.29, 1.82) is 0 Å². The zero-order chi connectivity index (χ0) is 16.8. The van der Waals surface area contributed by atoms with Crippen molar-refractivity contribution in [2.75, 3.05) is 20.2 Å². The van der Waals surface area contributed by atoms with Crippen molar-refractivity contribution in [2.45, 2.75) is 18.9 Å². The van der Waals surface area contributed by atoms with Gasteiger partial charge in [0.1, 0.15) is 5.75 Å². The highest BCUT2D eigenvalue weighted by molar-refractivity contribution is 5.79. The molecule has 0 unspecified atom stereocenters. The summed E-state index contributed by atoms with van der Waals surface area (Å²) in [5, 5.41) is 6.50. The van der Waals surface area contributed by atoms with E-state index in [0.717, 1.165) is 42.8 Å². The molecule has 126 valence electrons. The van der Waals surface area contributed by atoms with Crippen molar-refractivity contribution in [3.8, 4) is 5.75 Å². The van der Waals surface area contributed by atoms with Gasteiger partial charge in [-0.05, 0) is 42.6 Å². The van der Waals surface area contributed by atoms with Crippen LogP contribution in [0, 0.1) is 5.92 Å². The number of amides is 1. The third-order valence-electron chi connectivity index (χ3n) is 4.52. The number of hydrogen-bond donors (Lipinski definition) is 2. The zero-order valence-corrected chi connectivity index (χ0v) is 14.0. The highest BCUT2D eigenvalue weighted by atomic mass is 16.5. The molecule has 2 aromatic carbocycles. The average Bonchev–Trinajstić information content (AvgIpc) is 3.17. The summed E-state index contributed by atoms with van der Waals surface area (Å²) in [5.41, 5.74) is 2.27. The largest absolute Gasteiger partial charge is 0.497 e. The van der Waals surface area contributed by atoms with Crippen molar-refractivity contribution in [3.63, 3.8) is 0 Å². The first-order valence-corrected chi connectivity index (χ1v) is 8.45. The molecule has 1 amide bonds. The van der Waals surface area contributed by atoms with Crippen LogP contribution < -0.4 is 15.4 Å². The molecule has 1 aliphatic heterocycles. The van der Waals surface area contributed by atoms with Gasteiger partial charge in [-0.1, -0.05) is 42.5 Å². The second-order valence-corrected chi connectivity index (χ2v) is 6.22. The van der Waals surface area contributed by atoms with E-state index in [1.165, 1.54) is 0 Å². The van der Waals surface area contributed by atoms with Gasteiger partial charge in [0.05, 0.1) is 19.1 Å². The highest BCUT2D eigenvalue weighted by Gasteiger charge is 2.25. The van der Waals surface area contributed by atoms with Crippen LogP contribution in [-0.2, 0) is 11.2 Å². The summed E-state index contributed by atoms with van der Waals surface area (Å²) in [5.74, 6) is 1.05. The fourth-order valence-electron chi connectivity index (χ4n) is 3.14. The SMILES string of the molecule is COc1cccc(C[C@@H](NC(=O)[C@@H]2CCNC2)c2ccccc2)c1. The molecular weight excluding hydrogens is 300 g/mol. The van der Waals surface area contributed by atoms with Gasteiger partial charge in [0, 0.05) is 6.54 Å². The topological polar surface area (TPSA) is 50.4 Å². The Kier molecular flexibility index (Phi) is 5.49. The molecule has 2 N–H and O–H groups in total. The van der Waals surface area contributed by atoms with Gasteiger partial charge < -0.3 is 15.4 Å². The minimum atomic E-state index is -0.0357. The second-order valence-electron chi connectivity index (χ2n) is 6.22. The highest BCUT2D eigenvalue weighted by Crippen LogP contribution is 2.22. The Morgan fingerprint density at radius 2 is 2.08 bits per heavy atom. The predicted octanol–water partition coefficient (Wildman–Crippen LogP) is 2.70. The predicted molar refractivity (Wildman–Crippen MR) is 95.0 cm³/mol. The van der Waals surface area contributed by atoms with Crippen LogP contribution in [0.15, 0.2) is 54.6 Å². The van der Waals surface area contributed by atoms with Crippen LogP contribution in [0.4, 0.5) is 0 Å². The number of carbonyl (C=O) groups excluding carboxylic acids is 1. The lowest BCUT2D eigenvalue weighted by Gasteiger charge is -2.21. The lowest BCUT2D eigenvalue weighted by Crippen LogP contribution is -2.35. The molecule has 24 heavy (non-hydrogen) atoms. The Labute approximate surface area is 143 Å². The maximum atomic E-state index is 12.6. The van der Waals surface area contributed by atoms with E-state index in [2.05, 4.69) is 28.8 Å². The van der Waals surface area contributed by atoms with Gasteiger partial charge in [0.2, 0.25) is 5.91 Å². The first-order chi connectivity index (χ1) is 11.8. The number of ether oxygens (including phenoxy) is 1. The summed E-state index contributed by atoms with van der Waals surface area (Å²) >= 11 is 0. The quantitative estimate of drug-likeness (QED) is 0.859. The lowest BCUT2D eigenvalue weighted by molar-refractivity contribution is -0.125. The first kappa shape index (κ1) is 16.5. The van der Waals surface area contributed by atoms with E-state index in [4.69, 9.17) is 4.74 Å². The number of hydrogen-bond acceptors (Lipinski definition) is 3. The zero-order valence-electron chi connectivity index (χ0n) is 14.0. The summed E-state index contributed by atoms with van der Waals surface area (Å²) < 4.78 is 5.31. The Morgan fingerprint density at radius 1 is 1.25 bits per heavy atom. The van der Waals surface area contributed by atoms with Crippen LogP contribution in [0.3, 0.4) is 0 Å². The van der Waals surface area contributed by atoms with E-state index in [1.807, 2.05) is 36.4 Å². The van der Waals surface area contributed by atoms with Crippen LogP contribution in [0.1, 0.15) is 23.6 Å². The Balaban J connectivity index is 1.77. The average molecular weight is 324 g/mol. The fraction of sp³-hybridized carbons (Fsp3) is 0.350. The van der Waals surface area contributed by atoms with E-state index in [1.54, 1.807) is 7.11 Å². The molecular formula is C20H24N2O2. The molecule has 0 aliphatic carbocycles. The molecule has 0 bridgehead atoms. The minimum Gasteiger partial charge on any atom is -0.497 e. The van der Waals surface area contributed by atoms with Crippen LogP contribution in [0.5, 0.6) is 5.75 Å². The molecule has 0 radical (unpaired) electrons. The molecule has 3 rings (SSSR count). The first-order valence-electron chi connectivity index (χ1n) is 8.45. The summed E-state index contributed by atoms with van der Waals surface area (Å²) in [6.45, 7) is 1.69. The third-order valence-corrected chi connectivity index (χ3v) is 4.52. The molecule has 0 spiro atoms. The molecule has 1 fully saturated rings. The van der Waals surface area contributed by atoms with E-state index in [-0.39, 0.29) is 17.9 Å². The van der Waals surface area contributed by atoms with E-state index >= 15 is 0 Å². The van der Waals surface area contributed by atoms with Crippen molar-refractivity contribution in [3.05, 3.63) is 65.7 Å². The van der Waals surface area contributed by atoms with Gasteiger partial charge in [-0.2, -0.15) is 0 Å². The number of benzene rings is 2. The van der Waals surface area contributed by atoms with Crippen molar-refractivity contribution >= 4 is 5.91 Å². The van der Waals surface area contributed by atoms with Crippen LogP contribution in [-0.4, -0.2) is 26.1 Å². The van der Waals surface area contributed by atoms with Gasteiger partial charge in [-0.3, -0.25) is 4.79 Å². The molecule has 1 aliphatic rings. The smallest absolute Gasteiger partial charge is 0.224 e. The molecule has 2 atom stereocenters. The van der Waals surface area contributed by atoms with Gasteiger partial charge >= 0.3 is 0 Å². The van der Waals surface area contributed by atoms with Crippen LogP contribution in [0.2, 0.25) is 0 Å². The number of carbonyl (C=O) groups is 1. The van der Waals surface area contributed by atoms with Gasteiger partial charge in [0.15, 0.2) is 0 Å². The number of methoxy groups -OCH3 is 1. The minimum absolute atomic E-state index is 0.0357. The maximum Gasteiger partial charge on any atom is 0.224 e. The lowest BCUT2D eigenvalue weighted by atomic mass is 9.97. The molecule has 0 aromatic heterocycles. The van der Waals surface area contributed by atoms with E-state index in [0.29, 0.717) is 0 Å². The second kappa shape index (κ2) is 7.97. The molecule has 4 nitrogen and oxygen atoms in total. The third kappa shape index (κ3) is 4.15. The molecule has 2 aromatic rings. The fourth-order valence-corrected chi connectivity index (χ4v) is 3.14. The van der Waals surface area contributed by atoms with Crippen LogP contribution in [0.25, 0.3) is 0 Å². The Morgan fingerprint density at radius 3 is 2.79 bits per heavy atom. The number of nitrogens with one attached hydrogen (secondary N) is 2. The van der Waals surface area contributed by atoms with Crippen LogP contribution >= 0.6 is 0 Å². The van der Waals surface area contributed by atoms with Gasteiger partial charge in [0.25, 0.3) is 0 Å². The van der Waals surface area contributed by atoms with E-state index in [9.17, 15) is 4.79 Å². The number of rotatable bonds is 6. The normalized spacial score (nSPS) is 18.1. The summed E-state index contributed by atoms with van der Waals surface area (Å²) in [7, 11) is 1.67. The van der Waals surface area contributed by atoms with Gasteiger partial charge in [-0.15, -0.1) is 0 Å². The Hall–Kier alpha value is -2.33. The van der Waals surface area contributed by atoms with Crippen molar-refractivity contribution in [1.82, 2.24) is 10.6 Å². The Bertz CT molecular complexity index is 666. The maximum absolute atomic E-state index is 12.6. The molecule has 0 saturated carbocycles. The summed E-state index contributed by atoms with van der Waals surface area (Å²) in [6.07, 6.45) is 1.65. The summed E-state index contributed by atoms with van der Waals surface area (Å²) in [4.78, 5) is 12.6. The van der Waals surface area contributed by atoms with Gasteiger partial charge in [-0.25, -0.2) is 0 Å².